The largest absolute Gasteiger partial charge is 0.435 e. The summed E-state index contributed by atoms with van der Waals surface area (Å²) in [5, 5.41) is 2.58. The van der Waals surface area contributed by atoms with E-state index in [4.69, 9.17) is 0 Å². The zero-order valence-corrected chi connectivity index (χ0v) is 12.8. The quantitative estimate of drug-likeness (QED) is 0.782. The Morgan fingerprint density at radius 1 is 1.00 bits per heavy atom. The topological polar surface area (TPSA) is 38.3 Å². The van der Waals surface area contributed by atoms with E-state index in [1.807, 2.05) is 0 Å². The highest BCUT2D eigenvalue weighted by atomic mass is 19.4. The van der Waals surface area contributed by atoms with Crippen LogP contribution in [0.2, 0.25) is 0 Å². The highest BCUT2D eigenvalue weighted by Gasteiger charge is 2.30. The monoisotopic (exact) mass is 359 g/mol. The maximum atomic E-state index is 12.5. The molecule has 0 saturated carbocycles. The number of ether oxygens (including phenoxy) is 1. The average molecular weight is 359 g/mol. The molecule has 134 valence electrons. The van der Waals surface area contributed by atoms with E-state index in [0.29, 0.717) is 6.42 Å². The minimum Gasteiger partial charge on any atom is -0.435 e. The van der Waals surface area contributed by atoms with Crippen molar-refractivity contribution in [3.63, 3.8) is 0 Å². The fraction of sp³-hybridized carbons (Fsp3) is 0.235. The van der Waals surface area contributed by atoms with Crippen molar-refractivity contribution < 1.29 is 31.5 Å². The van der Waals surface area contributed by atoms with Gasteiger partial charge in [0.2, 0.25) is 0 Å². The second kappa shape index (κ2) is 7.96. The zero-order valence-electron chi connectivity index (χ0n) is 12.8. The Balaban J connectivity index is 1.84. The number of rotatable bonds is 6. The first-order chi connectivity index (χ1) is 11.8. The van der Waals surface area contributed by atoms with Gasteiger partial charge in [-0.05, 0) is 48.4 Å². The van der Waals surface area contributed by atoms with Crippen molar-refractivity contribution in [3.8, 4) is 5.75 Å². The lowest BCUT2D eigenvalue weighted by Gasteiger charge is -2.09. The number of carbonyl (C=O) groups excluding carboxylic acids is 1. The Kier molecular flexibility index (Phi) is 5.95. The predicted octanol–water partition coefficient (Wildman–Crippen LogP) is 4.28. The SMILES string of the molecule is O=C(NCCc1ccc(OC(F)F)cc1)c1ccc(C(F)(F)F)cc1. The Labute approximate surface area is 140 Å². The number of carbonyl (C=O) groups is 1. The number of hydrogen-bond donors (Lipinski definition) is 1. The fourth-order valence-corrected chi connectivity index (χ4v) is 2.07. The van der Waals surface area contributed by atoms with Crippen LogP contribution in [-0.2, 0) is 12.6 Å². The van der Waals surface area contributed by atoms with E-state index in [0.717, 1.165) is 29.8 Å². The van der Waals surface area contributed by atoms with Crippen LogP contribution in [0.5, 0.6) is 5.75 Å². The summed E-state index contributed by atoms with van der Waals surface area (Å²) in [7, 11) is 0. The van der Waals surface area contributed by atoms with Gasteiger partial charge in [-0.25, -0.2) is 0 Å². The minimum absolute atomic E-state index is 0.0348. The summed E-state index contributed by atoms with van der Waals surface area (Å²) in [6, 6.07) is 9.85. The van der Waals surface area contributed by atoms with Crippen LogP contribution in [0.4, 0.5) is 22.0 Å². The molecule has 0 unspecified atom stereocenters. The van der Waals surface area contributed by atoms with Gasteiger partial charge < -0.3 is 10.1 Å². The van der Waals surface area contributed by atoms with Crippen LogP contribution >= 0.6 is 0 Å². The molecule has 0 atom stereocenters. The van der Waals surface area contributed by atoms with Gasteiger partial charge in [0.25, 0.3) is 5.91 Å². The molecule has 2 aromatic carbocycles. The standard InChI is InChI=1S/C17H14F5NO2/c18-16(19)25-14-7-1-11(2-8-14)9-10-23-15(24)12-3-5-13(6-4-12)17(20,21)22/h1-8,16H,9-10H2,(H,23,24). The van der Waals surface area contributed by atoms with Crippen molar-refractivity contribution in [1.82, 2.24) is 5.32 Å². The van der Waals surface area contributed by atoms with E-state index in [1.165, 1.54) is 12.1 Å². The summed E-state index contributed by atoms with van der Waals surface area (Å²) < 4.78 is 65.7. The van der Waals surface area contributed by atoms with Crippen molar-refractivity contribution in [2.75, 3.05) is 6.54 Å². The van der Waals surface area contributed by atoms with Crippen molar-refractivity contribution in [2.24, 2.45) is 0 Å². The molecule has 1 N–H and O–H groups in total. The Hall–Kier alpha value is -2.64. The van der Waals surface area contributed by atoms with E-state index in [1.54, 1.807) is 12.1 Å². The summed E-state index contributed by atoms with van der Waals surface area (Å²) in [5.74, 6) is -0.459. The molecule has 2 aromatic rings. The highest BCUT2D eigenvalue weighted by molar-refractivity contribution is 5.94. The number of alkyl halides is 5. The van der Waals surface area contributed by atoms with E-state index >= 15 is 0 Å². The Bertz CT molecular complexity index is 696. The number of hydrogen-bond acceptors (Lipinski definition) is 2. The molecule has 1 amide bonds. The van der Waals surface area contributed by atoms with E-state index in [9.17, 15) is 26.7 Å². The van der Waals surface area contributed by atoms with Gasteiger partial charge >= 0.3 is 12.8 Å². The number of nitrogens with one attached hydrogen (secondary N) is 1. The average Bonchev–Trinajstić information content (AvgIpc) is 2.55. The lowest BCUT2D eigenvalue weighted by atomic mass is 10.1. The fourth-order valence-electron chi connectivity index (χ4n) is 2.07. The number of amides is 1. The molecular weight excluding hydrogens is 345 g/mol. The molecule has 0 bridgehead atoms. The van der Waals surface area contributed by atoms with Crippen LogP contribution in [0.25, 0.3) is 0 Å². The van der Waals surface area contributed by atoms with Crippen LogP contribution in [-0.4, -0.2) is 19.1 Å². The molecule has 0 saturated heterocycles. The molecule has 0 radical (unpaired) electrons. The number of benzene rings is 2. The van der Waals surface area contributed by atoms with Gasteiger partial charge in [-0.15, -0.1) is 0 Å². The molecule has 3 nitrogen and oxygen atoms in total. The molecule has 8 heteroatoms. The summed E-state index contributed by atoms with van der Waals surface area (Å²) in [6.07, 6.45) is -4.02. The third kappa shape index (κ3) is 5.74. The first-order valence-corrected chi connectivity index (χ1v) is 7.25. The molecule has 0 aliphatic heterocycles. The van der Waals surface area contributed by atoms with Gasteiger partial charge in [-0.2, -0.15) is 22.0 Å². The molecule has 0 fully saturated rings. The normalized spacial score (nSPS) is 11.4. The predicted molar refractivity (Wildman–Crippen MR) is 80.6 cm³/mol. The van der Waals surface area contributed by atoms with Crippen molar-refractivity contribution in [1.29, 1.82) is 0 Å². The van der Waals surface area contributed by atoms with Gasteiger partial charge in [0.15, 0.2) is 0 Å². The summed E-state index contributed by atoms with van der Waals surface area (Å²) >= 11 is 0. The van der Waals surface area contributed by atoms with Crippen molar-refractivity contribution in [3.05, 3.63) is 65.2 Å². The van der Waals surface area contributed by atoms with Crippen LogP contribution < -0.4 is 10.1 Å². The molecule has 0 aliphatic rings. The first-order valence-electron chi connectivity index (χ1n) is 7.25. The molecule has 0 spiro atoms. The molecule has 0 aromatic heterocycles. The second-order valence-electron chi connectivity index (χ2n) is 5.10. The van der Waals surface area contributed by atoms with E-state index < -0.39 is 24.3 Å². The van der Waals surface area contributed by atoms with Gasteiger partial charge in [0, 0.05) is 12.1 Å². The van der Waals surface area contributed by atoms with E-state index in [-0.39, 0.29) is 17.9 Å². The number of halogens is 5. The lowest BCUT2D eigenvalue weighted by molar-refractivity contribution is -0.137. The summed E-state index contributed by atoms with van der Waals surface area (Å²) in [4.78, 5) is 11.9. The van der Waals surface area contributed by atoms with Crippen molar-refractivity contribution >= 4 is 5.91 Å². The lowest BCUT2D eigenvalue weighted by Crippen LogP contribution is -2.25. The molecule has 2 rings (SSSR count). The Morgan fingerprint density at radius 2 is 1.60 bits per heavy atom. The highest BCUT2D eigenvalue weighted by Crippen LogP contribution is 2.29. The van der Waals surface area contributed by atoms with Gasteiger partial charge in [0.05, 0.1) is 5.56 Å². The van der Waals surface area contributed by atoms with Crippen LogP contribution in [0, 0.1) is 0 Å². The van der Waals surface area contributed by atoms with Gasteiger partial charge in [0.1, 0.15) is 5.75 Å². The second-order valence-corrected chi connectivity index (χ2v) is 5.10. The van der Waals surface area contributed by atoms with Crippen LogP contribution in [0.1, 0.15) is 21.5 Å². The van der Waals surface area contributed by atoms with Crippen LogP contribution in [0.3, 0.4) is 0 Å². The van der Waals surface area contributed by atoms with Crippen LogP contribution in [0.15, 0.2) is 48.5 Å². The zero-order chi connectivity index (χ0) is 18.4. The Morgan fingerprint density at radius 3 is 2.12 bits per heavy atom. The minimum atomic E-state index is -4.45. The maximum Gasteiger partial charge on any atom is 0.416 e. The molecule has 25 heavy (non-hydrogen) atoms. The van der Waals surface area contributed by atoms with Crippen molar-refractivity contribution in [2.45, 2.75) is 19.2 Å². The van der Waals surface area contributed by atoms with Gasteiger partial charge in [-0.3, -0.25) is 4.79 Å². The summed E-state index contributed by atoms with van der Waals surface area (Å²) in [5.41, 5.74) is 0.0816. The third-order valence-electron chi connectivity index (χ3n) is 3.32. The molecule has 0 aliphatic carbocycles. The smallest absolute Gasteiger partial charge is 0.416 e. The molecular formula is C17H14F5NO2. The molecule has 0 heterocycles. The third-order valence-corrected chi connectivity index (χ3v) is 3.32. The summed E-state index contributed by atoms with van der Waals surface area (Å²) in [6.45, 7) is -2.65. The first kappa shape index (κ1) is 18.7. The van der Waals surface area contributed by atoms with Gasteiger partial charge in [-0.1, -0.05) is 12.1 Å². The maximum absolute atomic E-state index is 12.5. The van der Waals surface area contributed by atoms with E-state index in [2.05, 4.69) is 10.1 Å².